The molecule has 0 fully saturated rings. The molecule has 196 valence electrons. The molecule has 2 heterocycles. The molecule has 2 aromatic carbocycles. The van der Waals surface area contributed by atoms with Gasteiger partial charge in [0.1, 0.15) is 30.5 Å². The molecule has 0 aliphatic carbocycles. The maximum atomic E-state index is 13.7. The van der Waals surface area contributed by atoms with E-state index in [1.54, 1.807) is 30.5 Å². The number of ether oxygens (including phenoxy) is 3. The standard InChI is InChI=1S/C28H31FN2O5S/c1-34-15-4-13-30(28(33)20-7-9-21(29)10-8-20)18-27(32)31-14-11-26-24(12-16-37-26)25(31)19-36-23-6-3-5-22(17-23)35-2/h3,5-10,12,16-17,25H,4,11,13-15,18-19H2,1-2H3. The molecule has 0 saturated carbocycles. The highest BCUT2D eigenvalue weighted by Crippen LogP contribution is 2.34. The van der Waals surface area contributed by atoms with Crippen molar-refractivity contribution in [3.05, 3.63) is 81.8 Å². The lowest BCUT2D eigenvalue weighted by Gasteiger charge is -2.37. The molecule has 2 amide bonds. The lowest BCUT2D eigenvalue weighted by molar-refractivity contribution is -0.135. The van der Waals surface area contributed by atoms with E-state index in [1.807, 2.05) is 35.7 Å². The molecule has 0 saturated heterocycles. The summed E-state index contributed by atoms with van der Waals surface area (Å²) in [5.41, 5.74) is 1.41. The Kier molecular flexibility index (Phi) is 9.14. The highest BCUT2D eigenvalue weighted by atomic mass is 32.1. The smallest absolute Gasteiger partial charge is 0.254 e. The van der Waals surface area contributed by atoms with Crippen molar-refractivity contribution < 1.29 is 28.2 Å². The van der Waals surface area contributed by atoms with Crippen LogP contribution in [0.4, 0.5) is 4.39 Å². The van der Waals surface area contributed by atoms with Gasteiger partial charge in [0.2, 0.25) is 5.91 Å². The average molecular weight is 527 g/mol. The first-order chi connectivity index (χ1) is 18.0. The van der Waals surface area contributed by atoms with Gasteiger partial charge in [-0.05, 0) is 66.2 Å². The van der Waals surface area contributed by atoms with E-state index in [0.29, 0.717) is 43.2 Å². The molecule has 9 heteroatoms. The summed E-state index contributed by atoms with van der Waals surface area (Å²) in [5, 5.41) is 2.03. The zero-order chi connectivity index (χ0) is 26.2. The van der Waals surface area contributed by atoms with Crippen LogP contribution in [0.25, 0.3) is 0 Å². The van der Waals surface area contributed by atoms with Crippen molar-refractivity contribution in [2.45, 2.75) is 18.9 Å². The van der Waals surface area contributed by atoms with E-state index in [9.17, 15) is 14.0 Å². The zero-order valence-corrected chi connectivity index (χ0v) is 21.8. The Bertz CT molecular complexity index is 1200. The minimum Gasteiger partial charge on any atom is -0.497 e. The number of thiophene rings is 1. The fourth-order valence-electron chi connectivity index (χ4n) is 4.42. The number of amides is 2. The van der Waals surface area contributed by atoms with Gasteiger partial charge >= 0.3 is 0 Å². The Morgan fingerprint density at radius 2 is 1.89 bits per heavy atom. The van der Waals surface area contributed by atoms with Crippen molar-refractivity contribution >= 4 is 23.2 Å². The van der Waals surface area contributed by atoms with Crippen LogP contribution in [0.1, 0.15) is 33.3 Å². The number of halogens is 1. The summed E-state index contributed by atoms with van der Waals surface area (Å²) in [4.78, 5) is 31.4. The molecule has 1 aliphatic rings. The Morgan fingerprint density at radius 3 is 2.65 bits per heavy atom. The molecule has 3 aromatic rings. The lowest BCUT2D eigenvalue weighted by Crippen LogP contribution is -2.48. The maximum absolute atomic E-state index is 13.7. The fraction of sp³-hybridized carbons (Fsp3) is 0.357. The predicted octanol–water partition coefficient (Wildman–Crippen LogP) is 4.58. The summed E-state index contributed by atoms with van der Waals surface area (Å²) in [5.74, 6) is 0.446. The number of hydrogen-bond acceptors (Lipinski definition) is 6. The van der Waals surface area contributed by atoms with Crippen molar-refractivity contribution in [3.63, 3.8) is 0 Å². The van der Waals surface area contributed by atoms with Crippen LogP contribution < -0.4 is 9.47 Å². The van der Waals surface area contributed by atoms with Gasteiger partial charge in [-0.25, -0.2) is 4.39 Å². The minimum atomic E-state index is -0.419. The first-order valence-electron chi connectivity index (χ1n) is 12.2. The highest BCUT2D eigenvalue weighted by molar-refractivity contribution is 7.10. The summed E-state index contributed by atoms with van der Waals surface area (Å²) in [6.07, 6.45) is 1.33. The molecule has 0 radical (unpaired) electrons. The topological polar surface area (TPSA) is 68.3 Å². The normalized spacial score (nSPS) is 14.7. The number of fused-ring (bicyclic) bond motifs is 1. The summed E-state index contributed by atoms with van der Waals surface area (Å²) in [6, 6.07) is 14.5. The van der Waals surface area contributed by atoms with Crippen LogP contribution in [-0.4, -0.2) is 68.7 Å². The molecule has 0 N–H and O–H groups in total. The highest BCUT2D eigenvalue weighted by Gasteiger charge is 2.33. The van der Waals surface area contributed by atoms with Gasteiger partial charge in [0.15, 0.2) is 0 Å². The van der Waals surface area contributed by atoms with Gasteiger partial charge in [0, 0.05) is 43.3 Å². The molecule has 7 nitrogen and oxygen atoms in total. The molecular weight excluding hydrogens is 495 g/mol. The van der Waals surface area contributed by atoms with Crippen LogP contribution in [0, 0.1) is 5.82 Å². The van der Waals surface area contributed by atoms with Gasteiger partial charge in [-0.1, -0.05) is 6.07 Å². The van der Waals surface area contributed by atoms with E-state index < -0.39 is 5.82 Å². The molecule has 1 unspecified atom stereocenters. The van der Waals surface area contributed by atoms with Crippen molar-refractivity contribution in [1.82, 2.24) is 9.80 Å². The number of carbonyl (C=O) groups excluding carboxylic acids is 2. The third kappa shape index (κ3) is 6.67. The van der Waals surface area contributed by atoms with Crippen LogP contribution in [0.3, 0.4) is 0 Å². The van der Waals surface area contributed by atoms with Gasteiger partial charge < -0.3 is 24.0 Å². The second-order valence-corrected chi connectivity index (χ2v) is 9.72. The Labute approximate surface area is 220 Å². The van der Waals surface area contributed by atoms with Crippen LogP contribution in [0.5, 0.6) is 11.5 Å². The SMILES string of the molecule is COCCCN(CC(=O)N1CCc2sccc2C1COc1cccc(OC)c1)C(=O)c1ccc(F)cc1. The van der Waals surface area contributed by atoms with E-state index in [1.165, 1.54) is 34.0 Å². The lowest BCUT2D eigenvalue weighted by atomic mass is 10.0. The minimum absolute atomic E-state index is 0.0882. The van der Waals surface area contributed by atoms with E-state index >= 15 is 0 Å². The second-order valence-electron chi connectivity index (χ2n) is 8.72. The number of carbonyl (C=O) groups is 2. The number of nitrogens with zero attached hydrogens (tertiary/aromatic N) is 2. The molecule has 1 aliphatic heterocycles. The van der Waals surface area contributed by atoms with Gasteiger partial charge in [-0.3, -0.25) is 9.59 Å². The fourth-order valence-corrected chi connectivity index (χ4v) is 5.35. The van der Waals surface area contributed by atoms with Gasteiger partial charge in [-0.15, -0.1) is 11.3 Å². The zero-order valence-electron chi connectivity index (χ0n) is 21.0. The third-order valence-electron chi connectivity index (χ3n) is 6.35. The van der Waals surface area contributed by atoms with Crippen molar-refractivity contribution in [3.8, 4) is 11.5 Å². The number of hydrogen-bond donors (Lipinski definition) is 0. The Morgan fingerprint density at radius 1 is 1.11 bits per heavy atom. The monoisotopic (exact) mass is 526 g/mol. The van der Waals surface area contributed by atoms with Crippen molar-refractivity contribution in [2.75, 3.05) is 47.1 Å². The van der Waals surface area contributed by atoms with Crippen LogP contribution in [0.2, 0.25) is 0 Å². The largest absolute Gasteiger partial charge is 0.497 e. The molecule has 4 rings (SSSR count). The van der Waals surface area contributed by atoms with E-state index in [2.05, 4.69) is 0 Å². The maximum Gasteiger partial charge on any atom is 0.254 e. The first-order valence-corrected chi connectivity index (χ1v) is 13.0. The molecule has 1 atom stereocenters. The van der Waals surface area contributed by atoms with Gasteiger partial charge in [-0.2, -0.15) is 0 Å². The van der Waals surface area contributed by atoms with Crippen LogP contribution in [0.15, 0.2) is 60.0 Å². The Hall–Kier alpha value is -3.43. The second kappa shape index (κ2) is 12.7. The Balaban J connectivity index is 1.52. The molecular formula is C28H31FN2O5S. The molecule has 37 heavy (non-hydrogen) atoms. The van der Waals surface area contributed by atoms with E-state index in [-0.39, 0.29) is 31.0 Å². The van der Waals surface area contributed by atoms with E-state index in [4.69, 9.17) is 14.2 Å². The van der Waals surface area contributed by atoms with E-state index in [0.717, 1.165) is 12.0 Å². The quantitative estimate of drug-likeness (QED) is 0.342. The molecule has 0 bridgehead atoms. The third-order valence-corrected chi connectivity index (χ3v) is 7.34. The molecule has 0 spiro atoms. The summed E-state index contributed by atoms with van der Waals surface area (Å²) < 4.78 is 29.9. The summed E-state index contributed by atoms with van der Waals surface area (Å²) >= 11 is 1.68. The summed E-state index contributed by atoms with van der Waals surface area (Å²) in [7, 11) is 3.19. The first kappa shape index (κ1) is 26.6. The molecule has 1 aromatic heterocycles. The summed E-state index contributed by atoms with van der Waals surface area (Å²) in [6.45, 7) is 1.53. The van der Waals surface area contributed by atoms with Crippen molar-refractivity contribution in [2.24, 2.45) is 0 Å². The van der Waals surface area contributed by atoms with Gasteiger partial charge in [0.25, 0.3) is 5.91 Å². The average Bonchev–Trinajstić information content (AvgIpc) is 3.40. The predicted molar refractivity (Wildman–Crippen MR) is 140 cm³/mol. The number of methoxy groups -OCH3 is 2. The number of rotatable bonds is 11. The van der Waals surface area contributed by atoms with Crippen molar-refractivity contribution in [1.29, 1.82) is 0 Å². The van der Waals surface area contributed by atoms with Crippen LogP contribution in [-0.2, 0) is 16.0 Å². The van der Waals surface area contributed by atoms with Gasteiger partial charge in [0.05, 0.1) is 13.2 Å². The van der Waals surface area contributed by atoms with Crippen LogP contribution >= 0.6 is 11.3 Å². The number of benzene rings is 2.